The van der Waals surface area contributed by atoms with E-state index < -0.39 is 17.6 Å². The minimum atomic E-state index is -0.727. The summed E-state index contributed by atoms with van der Waals surface area (Å²) >= 11 is 0. The zero-order valence-corrected chi connectivity index (χ0v) is 19.3. The summed E-state index contributed by atoms with van der Waals surface area (Å²) in [5.41, 5.74) is 1.12. The first-order valence-corrected chi connectivity index (χ1v) is 10.8. The van der Waals surface area contributed by atoms with Crippen molar-refractivity contribution in [1.82, 2.24) is 4.90 Å². The molecule has 0 heterocycles. The van der Waals surface area contributed by atoms with Crippen LogP contribution in [0.5, 0.6) is 11.5 Å². The van der Waals surface area contributed by atoms with E-state index in [-0.39, 0.29) is 42.8 Å². The number of amides is 1. The number of hydrogen-bond acceptors (Lipinski definition) is 5. The van der Waals surface area contributed by atoms with E-state index in [9.17, 15) is 18.4 Å². The van der Waals surface area contributed by atoms with Crippen LogP contribution in [0, 0.1) is 11.6 Å². The van der Waals surface area contributed by atoms with Gasteiger partial charge in [-0.2, -0.15) is 0 Å². The van der Waals surface area contributed by atoms with Crippen molar-refractivity contribution in [2.24, 2.45) is 0 Å². The largest absolute Gasteiger partial charge is 0.485 e. The Morgan fingerprint density at radius 1 is 0.970 bits per heavy atom. The number of esters is 1. The summed E-state index contributed by atoms with van der Waals surface area (Å²) in [5.74, 6) is -1.78. The summed E-state index contributed by atoms with van der Waals surface area (Å²) in [6.45, 7) is 7.89. The van der Waals surface area contributed by atoms with E-state index in [2.05, 4.69) is 0 Å². The molecule has 0 bridgehead atoms. The summed E-state index contributed by atoms with van der Waals surface area (Å²) < 4.78 is 44.0. The number of halogens is 2. The van der Waals surface area contributed by atoms with Gasteiger partial charge in [0.1, 0.15) is 18.2 Å². The fraction of sp³-hybridized carbons (Fsp3) is 0.360. The van der Waals surface area contributed by atoms with Crippen molar-refractivity contribution >= 4 is 17.4 Å². The Balaban J connectivity index is 2.31. The van der Waals surface area contributed by atoms with E-state index in [0.717, 1.165) is 12.1 Å². The molecule has 1 amide bonds. The van der Waals surface area contributed by atoms with Gasteiger partial charge in [-0.25, -0.2) is 13.6 Å². The minimum absolute atomic E-state index is 0.123. The average molecular weight is 462 g/mol. The van der Waals surface area contributed by atoms with Gasteiger partial charge in [-0.1, -0.05) is 12.1 Å². The summed E-state index contributed by atoms with van der Waals surface area (Å²) in [5, 5.41) is 0. The second-order valence-electron chi connectivity index (χ2n) is 7.08. The van der Waals surface area contributed by atoms with Crippen molar-refractivity contribution in [3.05, 3.63) is 65.2 Å². The smallest absolute Gasteiger partial charge is 0.344 e. The maximum absolute atomic E-state index is 14.0. The number of likely N-dealkylation sites (N-methyl/N-ethyl adjacent to an activating group) is 1. The zero-order valence-electron chi connectivity index (χ0n) is 19.3. The van der Waals surface area contributed by atoms with E-state index in [4.69, 9.17) is 14.2 Å². The Labute approximate surface area is 192 Å². The molecule has 0 aromatic heterocycles. The molecule has 0 saturated heterocycles. The number of carbonyl (C=O) groups is 2. The SMILES string of the molecule is CCOC(=O)COc1cc(/C(C)=C/C(=O)N(CC)CC)ccc1OCc1c(F)cccc1F. The molecule has 2 aromatic rings. The normalized spacial score (nSPS) is 11.2. The highest BCUT2D eigenvalue weighted by atomic mass is 19.1. The number of allylic oxidation sites excluding steroid dienone is 1. The van der Waals surface area contributed by atoms with Gasteiger partial charge in [-0.3, -0.25) is 4.79 Å². The first-order chi connectivity index (χ1) is 15.8. The van der Waals surface area contributed by atoms with Crippen LogP contribution in [0.15, 0.2) is 42.5 Å². The van der Waals surface area contributed by atoms with Gasteiger partial charge in [0.2, 0.25) is 5.91 Å². The van der Waals surface area contributed by atoms with Crippen LogP contribution >= 0.6 is 0 Å². The second kappa shape index (κ2) is 12.6. The Morgan fingerprint density at radius 2 is 1.64 bits per heavy atom. The van der Waals surface area contributed by atoms with E-state index >= 15 is 0 Å². The standard InChI is InChI=1S/C25H29F2NO5/c1-5-28(6-2)24(29)13-17(4)18-11-12-22(23(14-18)33-16-25(30)31-7-3)32-15-19-20(26)9-8-10-21(19)27/h8-14H,5-7,15-16H2,1-4H3/b17-13+. The number of benzene rings is 2. The quantitative estimate of drug-likeness (QED) is 0.357. The predicted octanol–water partition coefficient (Wildman–Crippen LogP) is 4.76. The lowest BCUT2D eigenvalue weighted by Crippen LogP contribution is -2.28. The molecule has 0 aliphatic carbocycles. The van der Waals surface area contributed by atoms with Crippen LogP contribution in [0.1, 0.15) is 38.8 Å². The van der Waals surface area contributed by atoms with Crippen LogP contribution in [-0.4, -0.2) is 43.1 Å². The number of nitrogens with zero attached hydrogens (tertiary/aromatic N) is 1. The van der Waals surface area contributed by atoms with Crippen molar-refractivity contribution in [3.63, 3.8) is 0 Å². The van der Waals surface area contributed by atoms with E-state index in [1.54, 1.807) is 36.9 Å². The molecule has 6 nitrogen and oxygen atoms in total. The number of carbonyl (C=O) groups excluding carboxylic acids is 2. The molecule has 0 fully saturated rings. The molecule has 0 N–H and O–H groups in total. The summed E-state index contributed by atoms with van der Waals surface area (Å²) in [6.07, 6.45) is 1.52. The lowest BCUT2D eigenvalue weighted by molar-refractivity contribution is -0.145. The van der Waals surface area contributed by atoms with Crippen molar-refractivity contribution in [2.45, 2.75) is 34.3 Å². The van der Waals surface area contributed by atoms with Gasteiger partial charge in [0, 0.05) is 19.2 Å². The molecule has 8 heteroatoms. The highest BCUT2D eigenvalue weighted by Crippen LogP contribution is 2.32. The third-order valence-corrected chi connectivity index (χ3v) is 4.90. The van der Waals surface area contributed by atoms with Crippen LogP contribution < -0.4 is 9.47 Å². The van der Waals surface area contributed by atoms with E-state index in [0.29, 0.717) is 24.2 Å². The summed E-state index contributed by atoms with van der Waals surface area (Å²) in [7, 11) is 0. The van der Waals surface area contributed by atoms with Gasteiger partial charge in [-0.15, -0.1) is 0 Å². The Kier molecular flexibility index (Phi) is 9.84. The molecule has 0 atom stereocenters. The molecule has 2 aromatic carbocycles. The Bertz CT molecular complexity index is 982. The first-order valence-electron chi connectivity index (χ1n) is 10.8. The van der Waals surface area contributed by atoms with Crippen LogP contribution in [0.25, 0.3) is 5.57 Å². The molecule has 0 radical (unpaired) electrons. The van der Waals surface area contributed by atoms with Crippen molar-refractivity contribution < 1.29 is 32.6 Å². The molecule has 0 unspecified atom stereocenters. The van der Waals surface area contributed by atoms with Gasteiger partial charge >= 0.3 is 5.97 Å². The van der Waals surface area contributed by atoms with Crippen molar-refractivity contribution in [1.29, 1.82) is 0 Å². The van der Waals surface area contributed by atoms with Crippen LogP contribution in [0.4, 0.5) is 8.78 Å². The fourth-order valence-corrected chi connectivity index (χ4v) is 3.04. The summed E-state index contributed by atoms with van der Waals surface area (Å²) in [4.78, 5) is 25.8. The van der Waals surface area contributed by atoms with Gasteiger partial charge in [0.15, 0.2) is 18.1 Å². The van der Waals surface area contributed by atoms with E-state index in [1.807, 2.05) is 13.8 Å². The van der Waals surface area contributed by atoms with Crippen LogP contribution in [-0.2, 0) is 20.9 Å². The molecule has 2 rings (SSSR count). The third kappa shape index (κ3) is 7.30. The summed E-state index contributed by atoms with van der Waals surface area (Å²) in [6, 6.07) is 8.42. The predicted molar refractivity (Wildman–Crippen MR) is 121 cm³/mol. The monoisotopic (exact) mass is 461 g/mol. The number of ether oxygens (including phenoxy) is 3. The van der Waals surface area contributed by atoms with Gasteiger partial charge < -0.3 is 19.1 Å². The van der Waals surface area contributed by atoms with Crippen molar-refractivity contribution in [2.75, 3.05) is 26.3 Å². The highest BCUT2D eigenvalue weighted by Gasteiger charge is 2.15. The minimum Gasteiger partial charge on any atom is -0.485 e. The maximum atomic E-state index is 14.0. The van der Waals surface area contributed by atoms with Gasteiger partial charge in [-0.05, 0) is 63.1 Å². The molecule has 0 saturated carbocycles. The fourth-order valence-electron chi connectivity index (χ4n) is 3.04. The van der Waals surface area contributed by atoms with Gasteiger partial charge in [0.25, 0.3) is 0 Å². The molecule has 33 heavy (non-hydrogen) atoms. The molecule has 0 spiro atoms. The Hall–Kier alpha value is -3.42. The zero-order chi connectivity index (χ0) is 24.4. The lowest BCUT2D eigenvalue weighted by Gasteiger charge is -2.17. The van der Waals surface area contributed by atoms with Crippen molar-refractivity contribution in [3.8, 4) is 11.5 Å². The topological polar surface area (TPSA) is 65.1 Å². The number of rotatable bonds is 11. The van der Waals surface area contributed by atoms with E-state index in [1.165, 1.54) is 12.1 Å². The van der Waals surface area contributed by atoms with Gasteiger partial charge in [0.05, 0.1) is 12.2 Å². The molecule has 0 aliphatic rings. The highest BCUT2D eigenvalue weighted by molar-refractivity contribution is 5.95. The molecule has 0 aliphatic heterocycles. The average Bonchev–Trinajstić information content (AvgIpc) is 2.78. The number of hydrogen-bond donors (Lipinski definition) is 0. The molecular formula is C25H29F2NO5. The maximum Gasteiger partial charge on any atom is 0.344 e. The molecule has 178 valence electrons. The third-order valence-electron chi connectivity index (χ3n) is 4.90. The lowest BCUT2D eigenvalue weighted by atomic mass is 10.1. The Morgan fingerprint density at radius 3 is 2.24 bits per heavy atom. The molecular weight excluding hydrogens is 432 g/mol. The first kappa shape index (κ1) is 25.8. The van der Waals surface area contributed by atoms with Crippen LogP contribution in [0.2, 0.25) is 0 Å². The van der Waals surface area contributed by atoms with Crippen LogP contribution in [0.3, 0.4) is 0 Å². The second-order valence-corrected chi connectivity index (χ2v) is 7.08.